The smallest absolute Gasteiger partial charge is 0.225 e. The predicted molar refractivity (Wildman–Crippen MR) is 94.7 cm³/mol. The van der Waals surface area contributed by atoms with Gasteiger partial charge in [-0.15, -0.1) is 0 Å². The van der Waals surface area contributed by atoms with Gasteiger partial charge >= 0.3 is 0 Å². The highest BCUT2D eigenvalue weighted by Crippen LogP contribution is 2.23. The Bertz CT molecular complexity index is 816. The zero-order valence-electron chi connectivity index (χ0n) is 14.3. The number of carbonyl (C=O) groups excluding carboxylic acids is 1. The highest BCUT2D eigenvalue weighted by atomic mass is 16.2. The van der Waals surface area contributed by atoms with E-state index in [-0.39, 0.29) is 17.4 Å². The lowest BCUT2D eigenvalue weighted by molar-refractivity contribution is -0.129. The summed E-state index contributed by atoms with van der Waals surface area (Å²) in [5.74, 6) is 1.00. The van der Waals surface area contributed by atoms with Crippen LogP contribution in [0.1, 0.15) is 32.8 Å². The summed E-state index contributed by atoms with van der Waals surface area (Å²) < 4.78 is 0. The van der Waals surface area contributed by atoms with Crippen LogP contribution in [0.25, 0.3) is 10.9 Å². The molecule has 2 heterocycles. The summed E-state index contributed by atoms with van der Waals surface area (Å²) in [7, 11) is 0. The molecule has 1 aliphatic heterocycles. The maximum absolute atomic E-state index is 12.1. The summed E-state index contributed by atoms with van der Waals surface area (Å²) >= 11 is 0. The minimum Gasteiger partial charge on any atom is -0.354 e. The molecule has 1 amide bonds. The van der Waals surface area contributed by atoms with Crippen molar-refractivity contribution in [1.82, 2.24) is 10.3 Å². The second kappa shape index (κ2) is 6.12. The zero-order chi connectivity index (χ0) is 17.3. The van der Waals surface area contributed by atoms with Crippen LogP contribution in [-0.2, 0) is 4.79 Å². The van der Waals surface area contributed by atoms with Gasteiger partial charge in [0.15, 0.2) is 0 Å². The van der Waals surface area contributed by atoms with Crippen molar-refractivity contribution in [3.8, 4) is 6.07 Å². The van der Waals surface area contributed by atoms with E-state index < -0.39 is 0 Å². The topological polar surface area (TPSA) is 69.0 Å². The minimum atomic E-state index is -0.368. The van der Waals surface area contributed by atoms with Crippen molar-refractivity contribution in [3.63, 3.8) is 0 Å². The van der Waals surface area contributed by atoms with E-state index in [1.807, 2.05) is 45.0 Å². The summed E-state index contributed by atoms with van der Waals surface area (Å²) in [6.07, 6.45) is 0.926. The van der Waals surface area contributed by atoms with Crippen LogP contribution in [0, 0.1) is 16.7 Å². The lowest BCUT2D eigenvalue weighted by Crippen LogP contribution is -2.43. The average molecular weight is 322 g/mol. The monoisotopic (exact) mass is 322 g/mol. The quantitative estimate of drug-likeness (QED) is 0.923. The molecule has 5 heteroatoms. The Kier molecular flexibility index (Phi) is 4.15. The largest absolute Gasteiger partial charge is 0.354 e. The Morgan fingerprint density at radius 3 is 2.83 bits per heavy atom. The van der Waals surface area contributed by atoms with E-state index in [0.29, 0.717) is 5.56 Å². The number of rotatable bonds is 2. The van der Waals surface area contributed by atoms with E-state index >= 15 is 0 Å². The Labute approximate surface area is 142 Å². The maximum atomic E-state index is 12.1. The average Bonchev–Trinajstić information content (AvgIpc) is 3.01. The molecule has 1 unspecified atom stereocenters. The standard InChI is InChI=1S/C19H22N4O/c1-19(2,3)18(24)21-15-8-9-23(12-15)17-7-5-14-10-13(11-20)4-6-16(14)22-17/h4-7,10,15H,8-9,12H2,1-3H3,(H,21,24). The molecule has 2 aromatic rings. The molecule has 1 saturated heterocycles. The number of pyridine rings is 1. The van der Waals surface area contributed by atoms with Gasteiger partial charge in [0.1, 0.15) is 5.82 Å². The van der Waals surface area contributed by atoms with E-state index in [9.17, 15) is 4.79 Å². The minimum absolute atomic E-state index is 0.0878. The first-order chi connectivity index (χ1) is 11.4. The fourth-order valence-electron chi connectivity index (χ4n) is 2.85. The van der Waals surface area contributed by atoms with E-state index in [1.165, 1.54) is 0 Å². The van der Waals surface area contributed by atoms with E-state index in [2.05, 4.69) is 16.3 Å². The van der Waals surface area contributed by atoms with Crippen molar-refractivity contribution in [2.24, 2.45) is 5.41 Å². The van der Waals surface area contributed by atoms with Crippen molar-refractivity contribution in [1.29, 1.82) is 5.26 Å². The maximum Gasteiger partial charge on any atom is 0.225 e. The highest BCUT2D eigenvalue weighted by molar-refractivity contribution is 5.82. The van der Waals surface area contributed by atoms with Gasteiger partial charge in [-0.05, 0) is 36.8 Å². The first-order valence-electron chi connectivity index (χ1n) is 8.23. The molecule has 0 aliphatic carbocycles. The molecule has 24 heavy (non-hydrogen) atoms. The molecular weight excluding hydrogens is 300 g/mol. The van der Waals surface area contributed by atoms with E-state index in [0.717, 1.165) is 36.2 Å². The molecule has 124 valence electrons. The summed E-state index contributed by atoms with van der Waals surface area (Å²) in [6, 6.07) is 11.8. The van der Waals surface area contributed by atoms with Gasteiger partial charge in [0.25, 0.3) is 0 Å². The van der Waals surface area contributed by atoms with Crippen LogP contribution in [0.3, 0.4) is 0 Å². The number of aromatic nitrogens is 1. The zero-order valence-corrected chi connectivity index (χ0v) is 14.3. The highest BCUT2D eigenvalue weighted by Gasteiger charge is 2.29. The third-order valence-electron chi connectivity index (χ3n) is 4.33. The number of fused-ring (bicyclic) bond motifs is 1. The van der Waals surface area contributed by atoms with E-state index in [1.54, 1.807) is 6.07 Å². The van der Waals surface area contributed by atoms with Gasteiger partial charge in [-0.2, -0.15) is 5.26 Å². The van der Waals surface area contributed by atoms with Crippen molar-refractivity contribution in [2.75, 3.05) is 18.0 Å². The first-order valence-corrected chi connectivity index (χ1v) is 8.23. The Balaban J connectivity index is 1.73. The molecule has 1 aliphatic rings. The number of amides is 1. The van der Waals surface area contributed by atoms with Gasteiger partial charge in [0.2, 0.25) is 5.91 Å². The lowest BCUT2D eigenvalue weighted by atomic mass is 9.95. The van der Waals surface area contributed by atoms with Gasteiger partial charge in [-0.1, -0.05) is 20.8 Å². The number of nitrogens with one attached hydrogen (secondary N) is 1. The molecule has 0 saturated carbocycles. The fraction of sp³-hybridized carbons (Fsp3) is 0.421. The van der Waals surface area contributed by atoms with Gasteiger partial charge in [-0.25, -0.2) is 4.98 Å². The summed E-state index contributed by atoms with van der Waals surface area (Å²) in [4.78, 5) is 19.0. The number of carbonyl (C=O) groups is 1. The molecule has 0 radical (unpaired) electrons. The van der Waals surface area contributed by atoms with Gasteiger partial charge in [-0.3, -0.25) is 4.79 Å². The Morgan fingerprint density at radius 1 is 1.33 bits per heavy atom. The molecule has 1 atom stereocenters. The first kappa shape index (κ1) is 16.3. The van der Waals surface area contributed by atoms with Crippen LogP contribution < -0.4 is 10.2 Å². The number of hydrogen-bond acceptors (Lipinski definition) is 4. The second-order valence-corrected chi connectivity index (χ2v) is 7.34. The molecule has 3 rings (SSSR count). The fourth-order valence-corrected chi connectivity index (χ4v) is 2.85. The summed E-state index contributed by atoms with van der Waals surface area (Å²) in [6.45, 7) is 7.43. The molecule has 1 aromatic heterocycles. The predicted octanol–water partition coefficient (Wildman–Crippen LogP) is 2.85. The van der Waals surface area contributed by atoms with Crippen LogP contribution >= 0.6 is 0 Å². The lowest BCUT2D eigenvalue weighted by Gasteiger charge is -2.22. The van der Waals surface area contributed by atoms with Crippen molar-refractivity contribution in [2.45, 2.75) is 33.2 Å². The number of anilines is 1. The molecule has 0 spiro atoms. The van der Waals surface area contributed by atoms with Gasteiger partial charge < -0.3 is 10.2 Å². The third-order valence-corrected chi connectivity index (χ3v) is 4.33. The summed E-state index contributed by atoms with van der Waals surface area (Å²) in [5.41, 5.74) is 1.16. The van der Waals surface area contributed by atoms with Crippen molar-refractivity contribution in [3.05, 3.63) is 35.9 Å². The van der Waals surface area contributed by atoms with Crippen LogP contribution in [-0.4, -0.2) is 30.0 Å². The van der Waals surface area contributed by atoms with Crippen LogP contribution in [0.4, 0.5) is 5.82 Å². The van der Waals surface area contributed by atoms with Gasteiger partial charge in [0.05, 0.1) is 17.1 Å². The number of benzene rings is 1. The van der Waals surface area contributed by atoms with E-state index in [4.69, 9.17) is 10.2 Å². The SMILES string of the molecule is CC(C)(C)C(=O)NC1CCN(c2ccc3cc(C#N)ccc3n2)C1. The van der Waals surface area contributed by atoms with Gasteiger partial charge in [0, 0.05) is 29.9 Å². The normalized spacial score (nSPS) is 17.8. The van der Waals surface area contributed by atoms with Crippen LogP contribution in [0.15, 0.2) is 30.3 Å². The van der Waals surface area contributed by atoms with Crippen molar-refractivity contribution < 1.29 is 4.79 Å². The Morgan fingerprint density at radius 2 is 2.12 bits per heavy atom. The molecule has 0 bridgehead atoms. The summed E-state index contributed by atoms with van der Waals surface area (Å²) in [5, 5.41) is 13.1. The van der Waals surface area contributed by atoms with Crippen LogP contribution in [0.5, 0.6) is 0 Å². The number of nitrogens with zero attached hydrogens (tertiary/aromatic N) is 3. The van der Waals surface area contributed by atoms with Crippen molar-refractivity contribution >= 4 is 22.6 Å². The molecule has 1 aromatic carbocycles. The third kappa shape index (κ3) is 3.33. The Hall–Kier alpha value is -2.61. The van der Waals surface area contributed by atoms with Crippen LogP contribution in [0.2, 0.25) is 0 Å². The molecular formula is C19H22N4O. The molecule has 1 fully saturated rings. The number of nitriles is 1. The second-order valence-electron chi connectivity index (χ2n) is 7.34. The molecule has 5 nitrogen and oxygen atoms in total. The molecule has 1 N–H and O–H groups in total. The number of hydrogen-bond donors (Lipinski definition) is 1.